The molecule has 2 N–H and O–H groups in total. The van der Waals surface area contributed by atoms with E-state index in [0.717, 1.165) is 10.0 Å². The predicted molar refractivity (Wildman–Crippen MR) is 88.4 cm³/mol. The van der Waals surface area contributed by atoms with Gasteiger partial charge >= 0.3 is 0 Å². The summed E-state index contributed by atoms with van der Waals surface area (Å²) in [5, 5.41) is 5.66. The van der Waals surface area contributed by atoms with Gasteiger partial charge in [-0.05, 0) is 46.6 Å². The Bertz CT molecular complexity index is 779. The summed E-state index contributed by atoms with van der Waals surface area (Å²) in [6, 6.07) is 6.92. The lowest BCUT2D eigenvalue weighted by Gasteiger charge is -2.21. The van der Waals surface area contributed by atoms with E-state index in [1.807, 2.05) is 13.0 Å². The van der Waals surface area contributed by atoms with Crippen LogP contribution < -0.4 is 15.4 Å². The highest BCUT2D eigenvalue weighted by Gasteiger charge is 2.18. The lowest BCUT2D eigenvalue weighted by atomic mass is 10.1. The molecule has 118 valence electrons. The van der Waals surface area contributed by atoms with Crippen LogP contribution in [0.4, 0.5) is 5.69 Å². The number of hydrogen-bond acceptors (Lipinski definition) is 4. The molecule has 3 rings (SSSR count). The van der Waals surface area contributed by atoms with Gasteiger partial charge in [-0.25, -0.2) is 0 Å². The molecule has 0 saturated heterocycles. The summed E-state index contributed by atoms with van der Waals surface area (Å²) >= 11 is 3.29. The Kier molecular flexibility index (Phi) is 4.29. The van der Waals surface area contributed by atoms with Gasteiger partial charge in [0.25, 0.3) is 11.8 Å². The molecular weight excluding hydrogens is 362 g/mol. The first-order valence-electron chi connectivity index (χ1n) is 7.01. The van der Waals surface area contributed by atoms with Crippen molar-refractivity contribution in [3.8, 4) is 5.75 Å². The molecular formula is C16H14BrN3O3. The molecule has 0 saturated carbocycles. The maximum atomic E-state index is 12.3. The number of carbonyl (C=O) groups excluding carboxylic acids is 2. The van der Waals surface area contributed by atoms with E-state index in [1.165, 1.54) is 6.20 Å². The van der Waals surface area contributed by atoms with Crippen molar-refractivity contribution in [3.05, 3.63) is 52.3 Å². The van der Waals surface area contributed by atoms with Crippen LogP contribution in [0.25, 0.3) is 0 Å². The smallest absolute Gasteiger partial charge is 0.262 e. The van der Waals surface area contributed by atoms with E-state index in [2.05, 4.69) is 31.5 Å². The van der Waals surface area contributed by atoms with Crippen LogP contribution in [0.15, 0.2) is 41.1 Å². The van der Waals surface area contributed by atoms with E-state index in [0.29, 0.717) is 17.0 Å². The summed E-state index contributed by atoms with van der Waals surface area (Å²) < 4.78 is 6.06. The maximum absolute atomic E-state index is 12.3. The van der Waals surface area contributed by atoms with E-state index < -0.39 is 0 Å². The van der Waals surface area contributed by atoms with Crippen molar-refractivity contribution in [2.45, 2.75) is 13.0 Å². The van der Waals surface area contributed by atoms with Gasteiger partial charge in [-0.15, -0.1) is 0 Å². The summed E-state index contributed by atoms with van der Waals surface area (Å²) in [4.78, 5) is 27.6. The number of nitrogens with one attached hydrogen (secondary N) is 2. The molecule has 0 aliphatic carbocycles. The van der Waals surface area contributed by atoms with Crippen molar-refractivity contribution in [2.24, 2.45) is 0 Å². The minimum atomic E-state index is -0.231. The first-order chi connectivity index (χ1) is 11.0. The molecule has 2 aromatic rings. The van der Waals surface area contributed by atoms with Gasteiger partial charge in [-0.1, -0.05) is 6.07 Å². The maximum Gasteiger partial charge on any atom is 0.262 e. The Labute approximate surface area is 141 Å². The number of nitrogens with zero attached hydrogens (tertiary/aromatic N) is 1. The van der Waals surface area contributed by atoms with E-state index in [4.69, 9.17) is 4.74 Å². The van der Waals surface area contributed by atoms with Crippen LogP contribution in [-0.4, -0.2) is 23.4 Å². The summed E-state index contributed by atoms with van der Waals surface area (Å²) in [5.41, 5.74) is 1.95. The molecule has 0 unspecified atom stereocenters. The first-order valence-corrected chi connectivity index (χ1v) is 7.80. The number of carbonyl (C=O) groups is 2. The topological polar surface area (TPSA) is 80.3 Å². The van der Waals surface area contributed by atoms with Crippen LogP contribution in [-0.2, 0) is 4.79 Å². The minimum absolute atomic E-state index is 0.0223. The highest BCUT2D eigenvalue weighted by molar-refractivity contribution is 9.10. The number of hydrogen-bond donors (Lipinski definition) is 2. The standard InChI is InChI=1S/C16H14BrN3O3/c1-9(19-16(22)11-4-12(17)7-18-6-11)10-2-3-14-13(5-10)20-15(21)8-23-14/h2-7,9H,8H2,1H3,(H,19,22)(H,20,21)/t9-/m0/s1. The van der Waals surface area contributed by atoms with Crippen molar-refractivity contribution < 1.29 is 14.3 Å². The van der Waals surface area contributed by atoms with Gasteiger partial charge in [0.1, 0.15) is 5.75 Å². The fraction of sp³-hybridized carbons (Fsp3) is 0.188. The molecule has 2 heterocycles. The largest absolute Gasteiger partial charge is 0.482 e. The zero-order valence-corrected chi connectivity index (χ0v) is 13.9. The number of anilines is 1. The monoisotopic (exact) mass is 375 g/mol. The fourth-order valence-electron chi connectivity index (χ4n) is 2.27. The van der Waals surface area contributed by atoms with Crippen LogP contribution in [0, 0.1) is 0 Å². The molecule has 1 aromatic heterocycles. The fourth-order valence-corrected chi connectivity index (χ4v) is 2.63. The second-order valence-electron chi connectivity index (χ2n) is 5.18. The third-order valence-electron chi connectivity index (χ3n) is 3.45. The van der Waals surface area contributed by atoms with Crippen LogP contribution in [0.3, 0.4) is 0 Å². The van der Waals surface area contributed by atoms with Crippen LogP contribution in [0.1, 0.15) is 28.9 Å². The molecule has 1 atom stereocenters. The number of halogens is 1. The second kappa shape index (κ2) is 6.37. The third kappa shape index (κ3) is 3.50. The molecule has 23 heavy (non-hydrogen) atoms. The van der Waals surface area contributed by atoms with Gasteiger partial charge in [0.15, 0.2) is 6.61 Å². The van der Waals surface area contributed by atoms with Gasteiger partial charge < -0.3 is 15.4 Å². The molecule has 2 amide bonds. The van der Waals surface area contributed by atoms with Gasteiger partial charge in [0, 0.05) is 16.9 Å². The summed E-state index contributed by atoms with van der Waals surface area (Å²) in [5.74, 6) is 0.221. The van der Waals surface area contributed by atoms with Crippen LogP contribution >= 0.6 is 15.9 Å². The Balaban J connectivity index is 1.75. The predicted octanol–water partition coefficient (Wildman–Crippen LogP) is 2.67. The molecule has 7 heteroatoms. The highest BCUT2D eigenvalue weighted by Crippen LogP contribution is 2.30. The third-order valence-corrected chi connectivity index (χ3v) is 3.88. The van der Waals surface area contributed by atoms with Crippen molar-refractivity contribution in [1.82, 2.24) is 10.3 Å². The molecule has 1 aliphatic rings. The zero-order chi connectivity index (χ0) is 16.4. The van der Waals surface area contributed by atoms with Crippen molar-refractivity contribution in [1.29, 1.82) is 0 Å². The van der Waals surface area contributed by atoms with Gasteiger partial charge in [-0.3, -0.25) is 14.6 Å². The molecule has 6 nitrogen and oxygen atoms in total. The SMILES string of the molecule is C[C@H](NC(=O)c1cncc(Br)c1)c1ccc2c(c1)NC(=O)CO2. The number of pyridine rings is 1. The zero-order valence-electron chi connectivity index (χ0n) is 12.3. The minimum Gasteiger partial charge on any atom is -0.482 e. The second-order valence-corrected chi connectivity index (χ2v) is 6.10. The van der Waals surface area contributed by atoms with Crippen LogP contribution in [0.5, 0.6) is 5.75 Å². The number of fused-ring (bicyclic) bond motifs is 1. The number of benzene rings is 1. The summed E-state index contributed by atoms with van der Waals surface area (Å²) in [7, 11) is 0. The van der Waals surface area contributed by atoms with Crippen molar-refractivity contribution >= 4 is 33.4 Å². The van der Waals surface area contributed by atoms with Crippen molar-refractivity contribution in [2.75, 3.05) is 11.9 Å². The Morgan fingerprint density at radius 1 is 1.39 bits per heavy atom. The normalized spacial score (nSPS) is 14.3. The Hall–Kier alpha value is -2.41. The average molecular weight is 376 g/mol. The number of aromatic nitrogens is 1. The lowest BCUT2D eigenvalue weighted by molar-refractivity contribution is -0.118. The van der Waals surface area contributed by atoms with Gasteiger partial charge in [-0.2, -0.15) is 0 Å². The Morgan fingerprint density at radius 3 is 3.00 bits per heavy atom. The van der Waals surface area contributed by atoms with E-state index in [9.17, 15) is 9.59 Å². The molecule has 0 bridgehead atoms. The highest BCUT2D eigenvalue weighted by atomic mass is 79.9. The summed E-state index contributed by atoms with van der Waals surface area (Å²) in [6.07, 6.45) is 3.13. The molecule has 1 aliphatic heterocycles. The Morgan fingerprint density at radius 2 is 2.22 bits per heavy atom. The molecule has 0 fully saturated rings. The molecule has 1 aromatic carbocycles. The molecule has 0 spiro atoms. The number of amides is 2. The van der Waals surface area contributed by atoms with E-state index >= 15 is 0 Å². The van der Waals surface area contributed by atoms with E-state index in [-0.39, 0.29) is 24.5 Å². The number of rotatable bonds is 3. The van der Waals surface area contributed by atoms with Crippen molar-refractivity contribution in [3.63, 3.8) is 0 Å². The number of ether oxygens (including phenoxy) is 1. The lowest BCUT2D eigenvalue weighted by Crippen LogP contribution is -2.28. The summed E-state index contributed by atoms with van der Waals surface area (Å²) in [6.45, 7) is 1.89. The van der Waals surface area contributed by atoms with Gasteiger partial charge in [0.2, 0.25) is 0 Å². The van der Waals surface area contributed by atoms with E-state index in [1.54, 1.807) is 24.4 Å². The average Bonchev–Trinajstić information content (AvgIpc) is 2.54. The first kappa shape index (κ1) is 15.5. The quantitative estimate of drug-likeness (QED) is 0.863. The van der Waals surface area contributed by atoms with Gasteiger partial charge in [0.05, 0.1) is 17.3 Å². The van der Waals surface area contributed by atoms with Crippen LogP contribution in [0.2, 0.25) is 0 Å². The molecule has 0 radical (unpaired) electrons.